The number of halogens is 2. The van der Waals surface area contributed by atoms with Crippen molar-refractivity contribution >= 4 is 28.2 Å². The van der Waals surface area contributed by atoms with Crippen molar-refractivity contribution in [3.63, 3.8) is 0 Å². The minimum atomic E-state index is -0.970. The Labute approximate surface area is 158 Å². The zero-order valence-corrected chi connectivity index (χ0v) is 15.2. The lowest BCUT2D eigenvalue weighted by Gasteiger charge is -2.32. The summed E-state index contributed by atoms with van der Waals surface area (Å²) >= 11 is 0. The van der Waals surface area contributed by atoms with Crippen LogP contribution in [-0.4, -0.2) is 42.5 Å². The molecule has 1 atom stereocenters. The molecule has 1 unspecified atom stereocenters. The molecule has 0 bridgehead atoms. The lowest BCUT2D eigenvalue weighted by atomic mass is 9.97. The zero-order valence-electron chi connectivity index (χ0n) is 15.2. The number of fused-ring (bicyclic) bond motifs is 3. The molecule has 0 amide bonds. The van der Waals surface area contributed by atoms with Crippen LogP contribution < -0.4 is 10.6 Å². The van der Waals surface area contributed by atoms with Gasteiger partial charge in [-0.3, -0.25) is 4.68 Å². The first-order valence-electron chi connectivity index (χ1n) is 9.04. The van der Waals surface area contributed by atoms with Crippen LogP contribution in [0.1, 0.15) is 24.6 Å². The highest BCUT2D eigenvalue weighted by Gasteiger charge is 2.26. The molecule has 2 N–H and O–H groups in total. The van der Waals surface area contributed by atoms with Gasteiger partial charge in [-0.2, -0.15) is 9.61 Å². The fraction of sp³-hybridized carbons (Fsp3) is 0.333. The van der Waals surface area contributed by atoms with Crippen LogP contribution in [0.2, 0.25) is 0 Å². The van der Waals surface area contributed by atoms with E-state index in [0.717, 1.165) is 43.8 Å². The van der Waals surface area contributed by atoms with Gasteiger partial charge in [-0.05, 0) is 18.9 Å². The Kier molecular flexibility index (Phi) is 3.68. The molecule has 1 saturated heterocycles. The van der Waals surface area contributed by atoms with Gasteiger partial charge >= 0.3 is 0 Å². The minimum Gasteiger partial charge on any atom is -0.368 e. The first-order chi connectivity index (χ1) is 13.5. The predicted octanol–water partition coefficient (Wildman–Crippen LogP) is 2.26. The van der Waals surface area contributed by atoms with Gasteiger partial charge in [0, 0.05) is 43.7 Å². The summed E-state index contributed by atoms with van der Waals surface area (Å²) in [6, 6.07) is 2.12. The van der Waals surface area contributed by atoms with Crippen molar-refractivity contribution in [1.29, 1.82) is 0 Å². The summed E-state index contributed by atoms with van der Waals surface area (Å²) in [5, 5.41) is 9.14. The standard InChI is InChI=1S/C18H18F2N8/c1-26-9-11(7-22-26)27-4-2-3-10(8-27)16-24-17-12-5-13(19)14(20)6-15(12)23-18(21)28(17)25-16/h5-7,9-10H,2-4,8H2,1H3,(H2,21,23). The van der Waals surface area contributed by atoms with Gasteiger partial charge < -0.3 is 10.6 Å². The number of nitrogen functional groups attached to an aromatic ring is 1. The van der Waals surface area contributed by atoms with Crippen molar-refractivity contribution in [3.05, 3.63) is 42.0 Å². The van der Waals surface area contributed by atoms with Gasteiger partial charge in [0.05, 0.1) is 17.4 Å². The Morgan fingerprint density at radius 2 is 2.00 bits per heavy atom. The molecule has 8 nitrogen and oxygen atoms in total. The average Bonchev–Trinajstić information content (AvgIpc) is 3.31. The highest BCUT2D eigenvalue weighted by Crippen LogP contribution is 2.30. The van der Waals surface area contributed by atoms with Gasteiger partial charge in [-0.15, -0.1) is 5.10 Å². The molecule has 4 aromatic rings. The summed E-state index contributed by atoms with van der Waals surface area (Å²) in [5.74, 6) is -1.12. The molecule has 10 heteroatoms. The number of benzene rings is 1. The number of nitrogens with two attached hydrogens (primary N) is 1. The number of aromatic nitrogens is 6. The van der Waals surface area contributed by atoms with E-state index in [1.165, 1.54) is 4.52 Å². The maximum absolute atomic E-state index is 13.8. The van der Waals surface area contributed by atoms with E-state index < -0.39 is 11.6 Å². The van der Waals surface area contributed by atoms with Crippen molar-refractivity contribution in [2.24, 2.45) is 7.05 Å². The van der Waals surface area contributed by atoms with Crippen LogP contribution in [0, 0.1) is 11.6 Å². The van der Waals surface area contributed by atoms with Crippen molar-refractivity contribution in [2.45, 2.75) is 18.8 Å². The van der Waals surface area contributed by atoms with E-state index in [0.29, 0.717) is 16.9 Å². The number of hydrogen-bond acceptors (Lipinski definition) is 6. The molecule has 0 aliphatic carbocycles. The summed E-state index contributed by atoms with van der Waals surface area (Å²) in [6.45, 7) is 1.68. The monoisotopic (exact) mass is 384 g/mol. The quantitative estimate of drug-likeness (QED) is 0.570. The maximum Gasteiger partial charge on any atom is 0.223 e. The van der Waals surface area contributed by atoms with E-state index in [4.69, 9.17) is 5.73 Å². The van der Waals surface area contributed by atoms with E-state index in [1.807, 2.05) is 19.4 Å². The third-order valence-corrected chi connectivity index (χ3v) is 5.20. The fourth-order valence-electron chi connectivity index (χ4n) is 3.81. The Balaban J connectivity index is 1.56. The summed E-state index contributed by atoms with van der Waals surface area (Å²) in [7, 11) is 1.89. The van der Waals surface area contributed by atoms with Gasteiger partial charge in [0.1, 0.15) is 0 Å². The molecule has 28 heavy (non-hydrogen) atoms. The lowest BCUT2D eigenvalue weighted by Crippen LogP contribution is -2.34. The Hall–Kier alpha value is -3.30. The molecule has 0 spiro atoms. The average molecular weight is 384 g/mol. The highest BCUT2D eigenvalue weighted by molar-refractivity contribution is 5.92. The molecule has 3 aromatic heterocycles. The molecule has 5 rings (SSSR count). The van der Waals surface area contributed by atoms with Crippen LogP contribution in [-0.2, 0) is 7.05 Å². The van der Waals surface area contributed by atoms with Gasteiger partial charge in [-0.1, -0.05) is 0 Å². The Morgan fingerprint density at radius 1 is 1.18 bits per heavy atom. The van der Waals surface area contributed by atoms with Gasteiger partial charge in [0.15, 0.2) is 23.1 Å². The number of rotatable bonds is 2. The van der Waals surface area contributed by atoms with Crippen LogP contribution in [0.4, 0.5) is 20.4 Å². The molecule has 1 aliphatic heterocycles. The Morgan fingerprint density at radius 3 is 2.79 bits per heavy atom. The molecule has 0 saturated carbocycles. The minimum absolute atomic E-state index is 0.0900. The molecule has 4 heterocycles. The van der Waals surface area contributed by atoms with E-state index in [2.05, 4.69) is 25.1 Å². The van der Waals surface area contributed by atoms with Crippen molar-refractivity contribution in [1.82, 2.24) is 29.4 Å². The summed E-state index contributed by atoms with van der Waals surface area (Å²) in [5.41, 5.74) is 7.68. The molecule has 1 aromatic carbocycles. The van der Waals surface area contributed by atoms with Gasteiger partial charge in [0.2, 0.25) is 5.95 Å². The second-order valence-corrected chi connectivity index (χ2v) is 7.12. The fourth-order valence-corrected chi connectivity index (χ4v) is 3.81. The SMILES string of the molecule is Cn1cc(N2CCCC(c3nc4c5cc(F)c(F)cc5nc(N)n4n3)C2)cn1. The number of nitrogens with zero attached hydrogens (tertiary/aromatic N) is 7. The maximum atomic E-state index is 13.8. The van der Waals surface area contributed by atoms with Crippen LogP contribution >= 0.6 is 0 Å². The molecule has 0 radical (unpaired) electrons. The summed E-state index contributed by atoms with van der Waals surface area (Å²) in [4.78, 5) is 11.0. The van der Waals surface area contributed by atoms with Crippen LogP contribution in [0.3, 0.4) is 0 Å². The second kappa shape index (κ2) is 6.11. The second-order valence-electron chi connectivity index (χ2n) is 7.12. The van der Waals surface area contributed by atoms with E-state index in [-0.39, 0.29) is 17.4 Å². The molecular formula is C18H18F2N8. The van der Waals surface area contributed by atoms with Crippen molar-refractivity contribution < 1.29 is 8.78 Å². The van der Waals surface area contributed by atoms with Crippen LogP contribution in [0.15, 0.2) is 24.5 Å². The topological polar surface area (TPSA) is 90.2 Å². The molecule has 1 fully saturated rings. The third-order valence-electron chi connectivity index (χ3n) is 5.20. The highest BCUT2D eigenvalue weighted by atomic mass is 19.2. The van der Waals surface area contributed by atoms with Crippen LogP contribution in [0.5, 0.6) is 0 Å². The van der Waals surface area contributed by atoms with Crippen molar-refractivity contribution in [3.8, 4) is 0 Å². The summed E-state index contributed by atoms with van der Waals surface area (Å²) < 4.78 is 30.5. The summed E-state index contributed by atoms with van der Waals surface area (Å²) in [6.07, 6.45) is 5.74. The molecule has 144 valence electrons. The van der Waals surface area contributed by atoms with E-state index in [1.54, 1.807) is 4.68 Å². The first kappa shape index (κ1) is 16.8. The number of anilines is 2. The third kappa shape index (κ3) is 2.63. The predicted molar refractivity (Wildman–Crippen MR) is 100 cm³/mol. The van der Waals surface area contributed by atoms with Gasteiger partial charge in [-0.25, -0.2) is 18.7 Å². The van der Waals surface area contributed by atoms with E-state index in [9.17, 15) is 8.78 Å². The van der Waals surface area contributed by atoms with E-state index >= 15 is 0 Å². The van der Waals surface area contributed by atoms with Crippen LogP contribution in [0.25, 0.3) is 16.6 Å². The molecule has 1 aliphatic rings. The first-order valence-corrected chi connectivity index (χ1v) is 9.04. The Bertz CT molecular complexity index is 1200. The smallest absolute Gasteiger partial charge is 0.223 e. The lowest BCUT2D eigenvalue weighted by molar-refractivity contribution is 0.491. The number of hydrogen-bond donors (Lipinski definition) is 1. The number of aryl methyl sites for hydroxylation is 1. The zero-order chi connectivity index (χ0) is 19.4. The normalized spacial score (nSPS) is 17.7. The van der Waals surface area contributed by atoms with Gasteiger partial charge in [0.25, 0.3) is 0 Å². The van der Waals surface area contributed by atoms with Crippen molar-refractivity contribution in [2.75, 3.05) is 23.7 Å². The molecular weight excluding hydrogens is 366 g/mol. The largest absolute Gasteiger partial charge is 0.368 e. The number of piperidine rings is 1.